The fourth-order valence-electron chi connectivity index (χ4n) is 2.53. The first-order valence-corrected chi connectivity index (χ1v) is 7.31. The number of nitrogens with zero attached hydrogens (tertiary/aromatic N) is 2. The van der Waals surface area contributed by atoms with Gasteiger partial charge in [-0.05, 0) is 43.7 Å². The van der Waals surface area contributed by atoms with Crippen molar-refractivity contribution in [1.29, 1.82) is 0 Å². The summed E-state index contributed by atoms with van der Waals surface area (Å²) in [6, 6.07) is 12.0. The molecule has 0 radical (unpaired) electrons. The molecule has 0 spiro atoms. The number of aryl methyl sites for hydroxylation is 1. The molecule has 0 saturated heterocycles. The lowest BCUT2D eigenvalue weighted by atomic mass is 10.1. The monoisotopic (exact) mass is 300 g/mol. The van der Waals surface area contributed by atoms with Gasteiger partial charge in [-0.2, -0.15) is 0 Å². The van der Waals surface area contributed by atoms with Crippen molar-refractivity contribution in [1.82, 2.24) is 9.38 Å². The van der Waals surface area contributed by atoms with E-state index in [0.717, 1.165) is 28.3 Å². The molecule has 0 aliphatic carbocycles. The van der Waals surface area contributed by atoms with Crippen molar-refractivity contribution in [2.24, 2.45) is 0 Å². The minimum absolute atomic E-state index is 0.135. The van der Waals surface area contributed by atoms with Gasteiger partial charge in [0.2, 0.25) is 0 Å². The number of ether oxygens (including phenoxy) is 1. The number of hydrogen-bond donors (Lipinski definition) is 0. The highest BCUT2D eigenvalue weighted by Gasteiger charge is 2.18. The lowest BCUT2D eigenvalue weighted by Gasteiger charge is -2.08. The highest BCUT2D eigenvalue weighted by molar-refractivity contribution is 6.20. The fraction of sp³-hybridized carbons (Fsp3) is 0.235. The maximum atomic E-state index is 6.40. The normalized spacial score (nSPS) is 12.6. The molecule has 1 aromatic carbocycles. The van der Waals surface area contributed by atoms with Gasteiger partial charge in [0.1, 0.15) is 11.4 Å². The first kappa shape index (κ1) is 14.0. The number of imidazole rings is 1. The largest absolute Gasteiger partial charge is 0.497 e. The predicted molar refractivity (Wildman–Crippen MR) is 86.2 cm³/mol. The highest BCUT2D eigenvalue weighted by atomic mass is 35.5. The second kappa shape index (κ2) is 5.41. The van der Waals surface area contributed by atoms with Gasteiger partial charge in [0, 0.05) is 11.8 Å². The molecular weight excluding hydrogens is 284 g/mol. The zero-order valence-corrected chi connectivity index (χ0v) is 13.1. The van der Waals surface area contributed by atoms with Crippen molar-refractivity contribution in [3.8, 4) is 17.0 Å². The van der Waals surface area contributed by atoms with Crippen molar-refractivity contribution < 1.29 is 4.74 Å². The summed E-state index contributed by atoms with van der Waals surface area (Å²) < 4.78 is 7.36. The molecule has 21 heavy (non-hydrogen) atoms. The standard InChI is InChI=1S/C17H17ClN2O/c1-11-7-8-20-15(9-11)19-16(17(20)12(2)18)13-5-4-6-14(10-13)21-3/h4-10,12H,1-3H3. The summed E-state index contributed by atoms with van der Waals surface area (Å²) in [5.41, 5.74) is 5.01. The smallest absolute Gasteiger partial charge is 0.137 e. The minimum Gasteiger partial charge on any atom is -0.497 e. The van der Waals surface area contributed by atoms with Crippen LogP contribution in [0, 0.1) is 6.92 Å². The van der Waals surface area contributed by atoms with E-state index in [-0.39, 0.29) is 5.38 Å². The number of aromatic nitrogens is 2. The molecule has 1 unspecified atom stereocenters. The molecule has 0 saturated carbocycles. The van der Waals surface area contributed by atoms with Gasteiger partial charge in [-0.3, -0.25) is 0 Å². The van der Waals surface area contributed by atoms with Crippen molar-refractivity contribution in [2.75, 3.05) is 7.11 Å². The van der Waals surface area contributed by atoms with Crippen LogP contribution in [0.2, 0.25) is 0 Å². The Morgan fingerprint density at radius 1 is 1.24 bits per heavy atom. The summed E-state index contributed by atoms with van der Waals surface area (Å²) >= 11 is 6.40. The van der Waals surface area contributed by atoms with Crippen LogP contribution in [0.1, 0.15) is 23.6 Å². The van der Waals surface area contributed by atoms with Gasteiger partial charge in [-0.25, -0.2) is 4.98 Å². The van der Waals surface area contributed by atoms with Crippen LogP contribution in [0.5, 0.6) is 5.75 Å². The molecule has 3 nitrogen and oxygen atoms in total. The van der Waals surface area contributed by atoms with Crippen molar-refractivity contribution in [3.63, 3.8) is 0 Å². The molecule has 3 rings (SSSR count). The molecule has 0 bridgehead atoms. The van der Waals surface area contributed by atoms with E-state index in [0.29, 0.717) is 0 Å². The maximum absolute atomic E-state index is 6.40. The Balaban J connectivity index is 2.27. The van der Waals surface area contributed by atoms with Crippen molar-refractivity contribution >= 4 is 17.2 Å². The molecule has 108 valence electrons. The molecule has 1 atom stereocenters. The second-order valence-corrected chi connectivity index (χ2v) is 5.78. The number of fused-ring (bicyclic) bond motifs is 1. The molecule has 2 heterocycles. The van der Waals surface area contributed by atoms with Crippen molar-refractivity contribution in [3.05, 3.63) is 53.9 Å². The Bertz CT molecular complexity index is 793. The molecule has 0 aliphatic rings. The topological polar surface area (TPSA) is 26.5 Å². The van der Waals surface area contributed by atoms with E-state index >= 15 is 0 Å². The Morgan fingerprint density at radius 3 is 2.76 bits per heavy atom. The first-order chi connectivity index (χ1) is 10.1. The third-order valence-electron chi connectivity index (χ3n) is 3.54. The van der Waals surface area contributed by atoms with Crippen LogP contribution in [0.25, 0.3) is 16.9 Å². The second-order valence-electron chi connectivity index (χ2n) is 5.13. The number of pyridine rings is 1. The fourth-order valence-corrected chi connectivity index (χ4v) is 2.74. The average molecular weight is 301 g/mol. The molecule has 0 amide bonds. The summed E-state index contributed by atoms with van der Waals surface area (Å²) in [6.45, 7) is 4.03. The SMILES string of the molecule is COc1cccc(-c2nc3cc(C)ccn3c2C(C)Cl)c1. The van der Waals surface area contributed by atoms with Crippen LogP contribution in [-0.2, 0) is 0 Å². The van der Waals surface area contributed by atoms with Crippen LogP contribution in [0.3, 0.4) is 0 Å². The summed E-state index contributed by atoms with van der Waals surface area (Å²) in [6.07, 6.45) is 2.02. The Hall–Kier alpha value is -2.00. The number of alkyl halides is 1. The minimum atomic E-state index is -0.135. The Kier molecular flexibility index (Phi) is 3.60. The van der Waals surface area contributed by atoms with Crippen LogP contribution in [0.15, 0.2) is 42.6 Å². The first-order valence-electron chi connectivity index (χ1n) is 6.87. The molecule has 3 aromatic rings. The van der Waals surface area contributed by atoms with E-state index in [1.165, 1.54) is 5.56 Å². The number of rotatable bonds is 3. The quantitative estimate of drug-likeness (QED) is 0.660. The number of benzene rings is 1. The van der Waals surface area contributed by atoms with Gasteiger partial charge >= 0.3 is 0 Å². The number of halogens is 1. The van der Waals surface area contributed by atoms with Gasteiger partial charge in [-0.15, -0.1) is 11.6 Å². The molecule has 4 heteroatoms. The Labute approximate surface area is 129 Å². The lowest BCUT2D eigenvalue weighted by molar-refractivity contribution is 0.415. The van der Waals surface area contributed by atoms with E-state index < -0.39 is 0 Å². The zero-order chi connectivity index (χ0) is 15.0. The highest BCUT2D eigenvalue weighted by Crippen LogP contribution is 2.33. The molecule has 0 fully saturated rings. The predicted octanol–water partition coefficient (Wildman–Crippen LogP) is 4.62. The van der Waals surface area contributed by atoms with Gasteiger partial charge in [0.25, 0.3) is 0 Å². The maximum Gasteiger partial charge on any atom is 0.137 e. The summed E-state index contributed by atoms with van der Waals surface area (Å²) in [4.78, 5) is 4.76. The van der Waals surface area contributed by atoms with Gasteiger partial charge < -0.3 is 9.14 Å². The van der Waals surface area contributed by atoms with Gasteiger partial charge in [-0.1, -0.05) is 12.1 Å². The Morgan fingerprint density at radius 2 is 2.05 bits per heavy atom. The molecule has 2 aromatic heterocycles. The van der Waals surface area contributed by atoms with Crippen molar-refractivity contribution in [2.45, 2.75) is 19.2 Å². The number of methoxy groups -OCH3 is 1. The molecule has 0 aliphatic heterocycles. The van der Waals surface area contributed by atoms with Crippen LogP contribution in [-0.4, -0.2) is 16.5 Å². The van der Waals surface area contributed by atoms with Crippen LogP contribution < -0.4 is 4.74 Å². The molecule has 0 N–H and O–H groups in total. The van der Waals surface area contributed by atoms with E-state index in [2.05, 4.69) is 23.5 Å². The summed E-state index contributed by atoms with van der Waals surface area (Å²) in [5, 5.41) is -0.135. The third-order valence-corrected chi connectivity index (χ3v) is 3.75. The van der Waals surface area contributed by atoms with Crippen LogP contribution >= 0.6 is 11.6 Å². The lowest BCUT2D eigenvalue weighted by Crippen LogP contribution is -1.95. The summed E-state index contributed by atoms with van der Waals surface area (Å²) in [5.74, 6) is 0.814. The van der Waals surface area contributed by atoms with Crippen LogP contribution in [0.4, 0.5) is 0 Å². The average Bonchev–Trinajstić information content (AvgIpc) is 2.85. The van der Waals surface area contributed by atoms with E-state index in [4.69, 9.17) is 21.3 Å². The zero-order valence-electron chi connectivity index (χ0n) is 12.3. The van der Waals surface area contributed by atoms with Gasteiger partial charge in [0.05, 0.1) is 23.9 Å². The van der Waals surface area contributed by atoms with E-state index in [9.17, 15) is 0 Å². The third kappa shape index (κ3) is 2.49. The van der Waals surface area contributed by atoms with Gasteiger partial charge in [0.15, 0.2) is 0 Å². The van der Waals surface area contributed by atoms with E-state index in [1.807, 2.05) is 37.4 Å². The number of hydrogen-bond acceptors (Lipinski definition) is 2. The van der Waals surface area contributed by atoms with E-state index in [1.54, 1.807) is 7.11 Å². The molecular formula is C17H17ClN2O. The summed E-state index contributed by atoms with van der Waals surface area (Å²) in [7, 11) is 1.66.